The predicted octanol–water partition coefficient (Wildman–Crippen LogP) is 2.18. The largest absolute Gasteiger partial charge is 0.384 e. The number of methoxy groups -OCH3 is 1. The van der Waals surface area contributed by atoms with Gasteiger partial charge >= 0.3 is 0 Å². The van der Waals surface area contributed by atoms with E-state index in [9.17, 15) is 12.8 Å². The number of benzene rings is 1. The van der Waals surface area contributed by atoms with E-state index in [1.165, 1.54) is 22.5 Å². The number of aryl methyl sites for hydroxylation is 1. The third-order valence-electron chi connectivity index (χ3n) is 3.73. The summed E-state index contributed by atoms with van der Waals surface area (Å²) >= 11 is 0. The van der Waals surface area contributed by atoms with Gasteiger partial charge in [-0.05, 0) is 49.4 Å². The third kappa shape index (κ3) is 3.19. The molecule has 1 aromatic rings. The van der Waals surface area contributed by atoms with Crippen LogP contribution in [0.2, 0.25) is 0 Å². The van der Waals surface area contributed by atoms with Crippen LogP contribution in [0.4, 0.5) is 4.39 Å². The molecule has 0 saturated carbocycles. The lowest BCUT2D eigenvalue weighted by atomic mass is 9.99. The molecular formula is C14H20FNO3S. The smallest absolute Gasteiger partial charge is 0.243 e. The van der Waals surface area contributed by atoms with Gasteiger partial charge in [0, 0.05) is 26.8 Å². The molecule has 0 atom stereocenters. The van der Waals surface area contributed by atoms with E-state index in [1.807, 2.05) is 0 Å². The van der Waals surface area contributed by atoms with Crippen LogP contribution in [0, 0.1) is 18.7 Å². The molecule has 1 aliphatic rings. The molecule has 0 aliphatic carbocycles. The van der Waals surface area contributed by atoms with Crippen molar-refractivity contribution in [3.05, 3.63) is 29.6 Å². The van der Waals surface area contributed by atoms with Gasteiger partial charge < -0.3 is 4.74 Å². The molecule has 6 heteroatoms. The summed E-state index contributed by atoms with van der Waals surface area (Å²) in [6, 6.07) is 3.79. The second-order valence-electron chi connectivity index (χ2n) is 5.21. The van der Waals surface area contributed by atoms with Crippen LogP contribution in [-0.2, 0) is 14.8 Å². The van der Waals surface area contributed by atoms with Gasteiger partial charge in [-0.25, -0.2) is 12.8 Å². The average molecular weight is 301 g/mol. The lowest BCUT2D eigenvalue weighted by Crippen LogP contribution is -2.39. The Hall–Kier alpha value is -0.980. The minimum atomic E-state index is -3.52. The van der Waals surface area contributed by atoms with Gasteiger partial charge in [-0.2, -0.15) is 4.31 Å². The van der Waals surface area contributed by atoms with Crippen LogP contribution >= 0.6 is 0 Å². The zero-order chi connectivity index (χ0) is 14.8. The van der Waals surface area contributed by atoms with Gasteiger partial charge in [0.1, 0.15) is 5.82 Å². The second-order valence-corrected chi connectivity index (χ2v) is 7.12. The minimum absolute atomic E-state index is 0.198. The van der Waals surface area contributed by atoms with Crippen molar-refractivity contribution in [2.75, 3.05) is 26.8 Å². The van der Waals surface area contributed by atoms with E-state index < -0.39 is 15.8 Å². The Morgan fingerprint density at radius 3 is 2.55 bits per heavy atom. The molecule has 4 nitrogen and oxygen atoms in total. The Kier molecular flexibility index (Phi) is 4.78. The first-order chi connectivity index (χ1) is 9.45. The van der Waals surface area contributed by atoms with E-state index in [1.54, 1.807) is 14.0 Å². The van der Waals surface area contributed by atoms with Crippen molar-refractivity contribution in [2.24, 2.45) is 5.92 Å². The Labute approximate surface area is 119 Å². The van der Waals surface area contributed by atoms with Gasteiger partial charge in [0.05, 0.1) is 4.90 Å². The molecule has 1 fully saturated rings. The van der Waals surface area contributed by atoms with Crippen molar-refractivity contribution in [3.63, 3.8) is 0 Å². The number of ether oxygens (including phenoxy) is 1. The third-order valence-corrected chi connectivity index (χ3v) is 5.79. The summed E-state index contributed by atoms with van der Waals surface area (Å²) in [4.78, 5) is 0.198. The standard InChI is InChI=1S/C14H20FNO3S/c1-11-9-13(15)3-4-14(11)20(17,18)16-7-5-12(6-8-16)10-19-2/h3-4,9,12H,5-8,10H2,1-2H3. The summed E-state index contributed by atoms with van der Waals surface area (Å²) in [5.74, 6) is 0.000942. The normalized spacial score (nSPS) is 18.4. The molecule has 0 unspecified atom stereocenters. The Morgan fingerprint density at radius 2 is 2.00 bits per heavy atom. The lowest BCUT2D eigenvalue weighted by molar-refractivity contribution is 0.121. The summed E-state index contributed by atoms with van der Waals surface area (Å²) in [6.45, 7) is 3.28. The highest BCUT2D eigenvalue weighted by Crippen LogP contribution is 2.26. The molecule has 2 rings (SSSR count). The van der Waals surface area contributed by atoms with Gasteiger partial charge in [-0.1, -0.05) is 0 Å². The second kappa shape index (κ2) is 6.20. The summed E-state index contributed by atoms with van der Waals surface area (Å²) < 4.78 is 44.8. The highest BCUT2D eigenvalue weighted by atomic mass is 32.2. The van der Waals surface area contributed by atoms with E-state index in [4.69, 9.17) is 4.74 Å². The van der Waals surface area contributed by atoms with Crippen LogP contribution in [0.5, 0.6) is 0 Å². The topological polar surface area (TPSA) is 46.6 Å². The molecule has 20 heavy (non-hydrogen) atoms. The van der Waals surface area contributed by atoms with Crippen molar-refractivity contribution in [2.45, 2.75) is 24.7 Å². The van der Waals surface area contributed by atoms with Crippen LogP contribution < -0.4 is 0 Å². The molecule has 0 amide bonds. The minimum Gasteiger partial charge on any atom is -0.384 e. The molecule has 1 heterocycles. The first kappa shape index (κ1) is 15.4. The number of piperidine rings is 1. The van der Waals surface area contributed by atoms with E-state index >= 15 is 0 Å². The molecule has 0 bridgehead atoms. The Balaban J connectivity index is 2.15. The molecule has 1 aromatic carbocycles. The fourth-order valence-electron chi connectivity index (χ4n) is 2.59. The molecule has 0 aromatic heterocycles. The summed E-state index contributed by atoms with van der Waals surface area (Å²) in [7, 11) is -1.86. The van der Waals surface area contributed by atoms with Crippen molar-refractivity contribution in [1.82, 2.24) is 4.31 Å². The highest BCUT2D eigenvalue weighted by Gasteiger charge is 2.30. The molecule has 0 N–H and O–H groups in total. The first-order valence-corrected chi connectivity index (χ1v) is 8.14. The van der Waals surface area contributed by atoms with Crippen LogP contribution in [-0.4, -0.2) is 39.5 Å². The quantitative estimate of drug-likeness (QED) is 0.856. The molecular weight excluding hydrogens is 281 g/mol. The predicted molar refractivity (Wildman–Crippen MR) is 74.5 cm³/mol. The van der Waals surface area contributed by atoms with Crippen molar-refractivity contribution >= 4 is 10.0 Å². The van der Waals surface area contributed by atoms with E-state index in [-0.39, 0.29) is 4.90 Å². The van der Waals surface area contributed by atoms with Crippen molar-refractivity contribution in [1.29, 1.82) is 0 Å². The average Bonchev–Trinajstić information content (AvgIpc) is 2.39. The number of rotatable bonds is 4. The van der Waals surface area contributed by atoms with Gasteiger partial charge in [-0.3, -0.25) is 0 Å². The maximum atomic E-state index is 13.1. The SMILES string of the molecule is COCC1CCN(S(=O)(=O)c2ccc(F)cc2C)CC1. The maximum absolute atomic E-state index is 13.1. The Morgan fingerprint density at radius 1 is 1.35 bits per heavy atom. The van der Waals surface area contributed by atoms with Gasteiger partial charge in [0.15, 0.2) is 0 Å². The molecule has 1 aliphatic heterocycles. The zero-order valence-corrected chi connectivity index (χ0v) is 12.6. The van der Waals surface area contributed by atoms with Gasteiger partial charge in [0.25, 0.3) is 0 Å². The molecule has 112 valence electrons. The lowest BCUT2D eigenvalue weighted by Gasteiger charge is -2.31. The fourth-order valence-corrected chi connectivity index (χ4v) is 4.27. The molecule has 0 spiro atoms. The summed E-state index contributed by atoms with van der Waals surface area (Å²) in [5.41, 5.74) is 0.448. The highest BCUT2D eigenvalue weighted by molar-refractivity contribution is 7.89. The monoisotopic (exact) mass is 301 g/mol. The van der Waals surface area contributed by atoms with Gasteiger partial charge in [0.2, 0.25) is 10.0 Å². The summed E-state index contributed by atoms with van der Waals surface area (Å²) in [5, 5.41) is 0. The van der Waals surface area contributed by atoms with E-state index in [2.05, 4.69) is 0 Å². The number of halogens is 1. The van der Waals surface area contributed by atoms with Crippen LogP contribution in [0.3, 0.4) is 0 Å². The van der Waals surface area contributed by atoms with Crippen LogP contribution in [0.1, 0.15) is 18.4 Å². The van der Waals surface area contributed by atoms with Gasteiger partial charge in [-0.15, -0.1) is 0 Å². The first-order valence-electron chi connectivity index (χ1n) is 6.70. The number of hydrogen-bond donors (Lipinski definition) is 0. The van der Waals surface area contributed by atoms with Crippen molar-refractivity contribution < 1.29 is 17.5 Å². The van der Waals surface area contributed by atoms with Crippen LogP contribution in [0.15, 0.2) is 23.1 Å². The molecule has 0 radical (unpaired) electrons. The Bertz CT molecular complexity index is 566. The number of sulfonamides is 1. The fraction of sp³-hybridized carbons (Fsp3) is 0.571. The number of hydrogen-bond acceptors (Lipinski definition) is 3. The molecule has 1 saturated heterocycles. The number of nitrogens with zero attached hydrogens (tertiary/aromatic N) is 1. The van der Waals surface area contributed by atoms with Crippen LogP contribution in [0.25, 0.3) is 0 Å². The van der Waals surface area contributed by atoms with E-state index in [0.717, 1.165) is 12.8 Å². The zero-order valence-electron chi connectivity index (χ0n) is 11.8. The summed E-state index contributed by atoms with van der Waals surface area (Å²) in [6.07, 6.45) is 1.60. The van der Waals surface area contributed by atoms with Crippen molar-refractivity contribution in [3.8, 4) is 0 Å². The van der Waals surface area contributed by atoms with E-state index in [0.29, 0.717) is 31.2 Å². The maximum Gasteiger partial charge on any atom is 0.243 e.